The fourth-order valence-corrected chi connectivity index (χ4v) is 3.36. The molecule has 0 spiro atoms. The number of nitrogens with one attached hydrogen (secondary N) is 1. The monoisotopic (exact) mass is 326 g/mol. The third kappa shape index (κ3) is 2.62. The zero-order valence-electron chi connectivity index (χ0n) is 13.1. The molecule has 0 saturated carbocycles. The van der Waals surface area contributed by atoms with E-state index in [0.29, 0.717) is 23.5 Å². The maximum Gasteiger partial charge on any atom is 0.262 e. The molecule has 1 atom stereocenters. The molecule has 1 saturated heterocycles. The topological polar surface area (TPSA) is 76.5 Å². The van der Waals surface area contributed by atoms with E-state index in [4.69, 9.17) is 4.74 Å². The highest BCUT2D eigenvalue weighted by Crippen LogP contribution is 2.33. The third-order valence-electron chi connectivity index (χ3n) is 4.46. The Hall–Kier alpha value is -2.83. The minimum absolute atomic E-state index is 0.0577. The van der Waals surface area contributed by atoms with Gasteiger partial charge in [-0.2, -0.15) is 5.10 Å². The van der Waals surface area contributed by atoms with Crippen LogP contribution in [0.5, 0.6) is 5.75 Å². The molecule has 1 aromatic heterocycles. The average Bonchev–Trinajstić information content (AvgIpc) is 3.25. The summed E-state index contributed by atoms with van der Waals surface area (Å²) in [6, 6.07) is 7.26. The van der Waals surface area contributed by atoms with Crippen molar-refractivity contribution in [1.82, 2.24) is 14.7 Å². The van der Waals surface area contributed by atoms with Crippen molar-refractivity contribution in [2.75, 3.05) is 18.5 Å². The number of hydrogen-bond donors (Lipinski definition) is 1. The van der Waals surface area contributed by atoms with Crippen LogP contribution in [0.2, 0.25) is 0 Å². The second kappa shape index (κ2) is 5.99. The summed E-state index contributed by atoms with van der Waals surface area (Å²) in [5.41, 5.74) is 1.06. The Morgan fingerprint density at radius 3 is 3.12 bits per heavy atom. The summed E-state index contributed by atoms with van der Waals surface area (Å²) in [5, 5.41) is 6.98. The van der Waals surface area contributed by atoms with Gasteiger partial charge in [0.05, 0.1) is 23.8 Å². The molecule has 0 aliphatic carbocycles. The molecule has 1 aromatic carbocycles. The lowest BCUT2D eigenvalue weighted by molar-refractivity contribution is -0.118. The molecule has 7 nitrogen and oxygen atoms in total. The number of aromatic nitrogens is 2. The van der Waals surface area contributed by atoms with Crippen molar-refractivity contribution in [3.8, 4) is 5.75 Å². The van der Waals surface area contributed by atoms with E-state index in [9.17, 15) is 9.59 Å². The van der Waals surface area contributed by atoms with Gasteiger partial charge in [0.2, 0.25) is 0 Å². The predicted octanol–water partition coefficient (Wildman–Crippen LogP) is 1.52. The highest BCUT2D eigenvalue weighted by molar-refractivity contribution is 6.03. The number of hydrogen-bond acceptors (Lipinski definition) is 4. The smallest absolute Gasteiger partial charge is 0.262 e. The molecule has 2 aliphatic rings. The van der Waals surface area contributed by atoms with Crippen molar-refractivity contribution in [3.05, 3.63) is 42.2 Å². The second-order valence-corrected chi connectivity index (χ2v) is 6.04. The standard InChI is InChI=1S/C17H18N4O3/c22-15-11-24-16-13(5-1-6-14(16)19-15)17(23)21-9-2-4-12(21)10-20-8-3-7-18-20/h1,3,5-8,12H,2,4,9-11H2,(H,19,22)/t12-/m0/s1. The van der Waals surface area contributed by atoms with E-state index in [1.165, 1.54) is 0 Å². The summed E-state index contributed by atoms with van der Waals surface area (Å²) >= 11 is 0. The SMILES string of the molecule is O=C1COc2c(cccc2C(=O)N2CCC[C@H]2Cn2cccn2)N1. The molecule has 3 heterocycles. The van der Waals surface area contributed by atoms with Gasteiger partial charge in [-0.3, -0.25) is 14.3 Å². The number of ether oxygens (including phenoxy) is 1. The number of anilines is 1. The van der Waals surface area contributed by atoms with E-state index in [2.05, 4.69) is 10.4 Å². The van der Waals surface area contributed by atoms with E-state index in [0.717, 1.165) is 19.4 Å². The molecular weight excluding hydrogens is 308 g/mol. The molecule has 24 heavy (non-hydrogen) atoms. The fraction of sp³-hybridized carbons (Fsp3) is 0.353. The zero-order chi connectivity index (χ0) is 16.5. The average molecular weight is 326 g/mol. The maximum absolute atomic E-state index is 13.0. The summed E-state index contributed by atoms with van der Waals surface area (Å²) in [6.45, 7) is 1.35. The third-order valence-corrected chi connectivity index (χ3v) is 4.46. The van der Waals surface area contributed by atoms with E-state index in [-0.39, 0.29) is 24.5 Å². The van der Waals surface area contributed by atoms with Gasteiger partial charge in [0.1, 0.15) is 0 Å². The van der Waals surface area contributed by atoms with Crippen molar-refractivity contribution in [2.45, 2.75) is 25.4 Å². The summed E-state index contributed by atoms with van der Waals surface area (Å²) in [4.78, 5) is 26.4. The number of carbonyl (C=O) groups excluding carboxylic acids is 2. The molecule has 1 fully saturated rings. The highest BCUT2D eigenvalue weighted by atomic mass is 16.5. The predicted molar refractivity (Wildman–Crippen MR) is 86.9 cm³/mol. The van der Waals surface area contributed by atoms with Crippen LogP contribution in [0, 0.1) is 0 Å². The van der Waals surface area contributed by atoms with Gasteiger partial charge in [0.15, 0.2) is 12.4 Å². The number of benzene rings is 1. The Balaban J connectivity index is 1.59. The summed E-state index contributed by atoms with van der Waals surface area (Å²) in [7, 11) is 0. The van der Waals surface area contributed by atoms with Crippen LogP contribution in [0.15, 0.2) is 36.7 Å². The van der Waals surface area contributed by atoms with Gasteiger partial charge in [-0.15, -0.1) is 0 Å². The lowest BCUT2D eigenvalue weighted by atomic mass is 10.1. The minimum Gasteiger partial charge on any atom is -0.481 e. The Morgan fingerprint density at radius 2 is 2.29 bits per heavy atom. The number of likely N-dealkylation sites (tertiary alicyclic amines) is 1. The van der Waals surface area contributed by atoms with Crippen LogP contribution in [-0.4, -0.2) is 45.7 Å². The van der Waals surface area contributed by atoms with Gasteiger partial charge >= 0.3 is 0 Å². The first kappa shape index (κ1) is 14.7. The van der Waals surface area contributed by atoms with Crippen molar-refractivity contribution in [3.63, 3.8) is 0 Å². The van der Waals surface area contributed by atoms with Crippen molar-refractivity contribution >= 4 is 17.5 Å². The first-order valence-electron chi connectivity index (χ1n) is 8.06. The van der Waals surface area contributed by atoms with Crippen LogP contribution < -0.4 is 10.1 Å². The quantitative estimate of drug-likeness (QED) is 0.928. The van der Waals surface area contributed by atoms with E-state index in [1.807, 2.05) is 21.8 Å². The number of para-hydroxylation sites is 1. The van der Waals surface area contributed by atoms with Crippen LogP contribution in [0.4, 0.5) is 5.69 Å². The number of rotatable bonds is 3. The number of amides is 2. The summed E-state index contributed by atoms with van der Waals surface area (Å²) in [5.74, 6) is 0.203. The summed E-state index contributed by atoms with van der Waals surface area (Å²) < 4.78 is 7.37. The lowest BCUT2D eigenvalue weighted by Crippen LogP contribution is -2.39. The Bertz CT molecular complexity index is 772. The van der Waals surface area contributed by atoms with Gasteiger partial charge in [-0.25, -0.2) is 0 Å². The van der Waals surface area contributed by atoms with Crippen molar-refractivity contribution in [1.29, 1.82) is 0 Å². The van der Waals surface area contributed by atoms with Crippen molar-refractivity contribution in [2.24, 2.45) is 0 Å². The molecule has 1 N–H and O–H groups in total. The van der Waals surface area contributed by atoms with Crippen LogP contribution >= 0.6 is 0 Å². The number of carbonyl (C=O) groups is 2. The normalized spacial score (nSPS) is 19.6. The van der Waals surface area contributed by atoms with Gasteiger partial charge in [-0.1, -0.05) is 6.07 Å². The molecular formula is C17H18N4O3. The van der Waals surface area contributed by atoms with E-state index >= 15 is 0 Å². The first-order valence-corrected chi connectivity index (χ1v) is 8.06. The number of fused-ring (bicyclic) bond motifs is 1. The maximum atomic E-state index is 13.0. The van der Waals surface area contributed by atoms with E-state index in [1.54, 1.807) is 24.4 Å². The van der Waals surface area contributed by atoms with Crippen LogP contribution in [0.1, 0.15) is 23.2 Å². The van der Waals surface area contributed by atoms with Crippen molar-refractivity contribution < 1.29 is 14.3 Å². The Labute approximate surface area is 139 Å². The van der Waals surface area contributed by atoms with Gasteiger partial charge in [-0.05, 0) is 31.0 Å². The largest absolute Gasteiger partial charge is 0.481 e. The van der Waals surface area contributed by atoms with Gasteiger partial charge in [0, 0.05) is 18.9 Å². The molecule has 7 heteroatoms. The van der Waals surface area contributed by atoms with Gasteiger partial charge < -0.3 is 15.0 Å². The van der Waals surface area contributed by atoms with E-state index < -0.39 is 0 Å². The zero-order valence-corrected chi connectivity index (χ0v) is 13.1. The number of nitrogens with zero attached hydrogens (tertiary/aromatic N) is 3. The Morgan fingerprint density at radius 1 is 1.38 bits per heavy atom. The minimum atomic E-state index is -0.204. The fourth-order valence-electron chi connectivity index (χ4n) is 3.36. The van der Waals surface area contributed by atoms with Crippen LogP contribution in [-0.2, 0) is 11.3 Å². The Kier molecular flexibility index (Phi) is 3.68. The van der Waals surface area contributed by atoms with Crippen LogP contribution in [0.25, 0.3) is 0 Å². The molecule has 2 aromatic rings. The lowest BCUT2D eigenvalue weighted by Gasteiger charge is -2.27. The van der Waals surface area contributed by atoms with Crippen LogP contribution in [0.3, 0.4) is 0 Å². The summed E-state index contributed by atoms with van der Waals surface area (Å²) in [6.07, 6.45) is 5.58. The molecule has 0 radical (unpaired) electrons. The molecule has 0 bridgehead atoms. The molecule has 0 unspecified atom stereocenters. The molecule has 2 amide bonds. The molecule has 2 aliphatic heterocycles. The van der Waals surface area contributed by atoms with Gasteiger partial charge in [0.25, 0.3) is 11.8 Å². The first-order chi connectivity index (χ1) is 11.7. The highest BCUT2D eigenvalue weighted by Gasteiger charge is 2.32. The molecule has 4 rings (SSSR count). The molecule has 124 valence electrons. The second-order valence-electron chi connectivity index (χ2n) is 6.04.